The van der Waals surface area contributed by atoms with E-state index in [1.807, 2.05) is 26.8 Å². The van der Waals surface area contributed by atoms with Crippen LogP contribution in [-0.4, -0.2) is 77.7 Å². The lowest BCUT2D eigenvalue weighted by atomic mass is 9.93. The van der Waals surface area contributed by atoms with E-state index in [0.717, 1.165) is 5.56 Å². The molecule has 0 aromatic heterocycles. The minimum Gasteiger partial charge on any atom is -0.444 e. The molecule has 2 aliphatic heterocycles. The Labute approximate surface area is 243 Å². The van der Waals surface area contributed by atoms with E-state index in [4.69, 9.17) is 32.7 Å². The molecule has 0 aliphatic carbocycles. The van der Waals surface area contributed by atoms with Crippen molar-refractivity contribution in [1.82, 2.24) is 14.7 Å². The number of carbonyl (C=O) groups is 3. The van der Waals surface area contributed by atoms with E-state index in [1.165, 1.54) is 29.2 Å². The zero-order valence-corrected chi connectivity index (χ0v) is 24.5. The number of nitrogens with zero attached hydrogens (tertiary/aromatic N) is 3. The maximum atomic E-state index is 13.6. The second-order valence-electron chi connectivity index (χ2n) is 11.3. The van der Waals surface area contributed by atoms with Crippen molar-refractivity contribution in [2.75, 3.05) is 33.2 Å². The highest BCUT2D eigenvalue weighted by atomic mass is 35.5. The third-order valence-corrected chi connectivity index (χ3v) is 8.01. The van der Waals surface area contributed by atoms with Crippen molar-refractivity contribution in [3.63, 3.8) is 0 Å². The first kappa shape index (κ1) is 29.9. The quantitative estimate of drug-likeness (QED) is 0.421. The van der Waals surface area contributed by atoms with Crippen molar-refractivity contribution in [1.29, 1.82) is 0 Å². The van der Waals surface area contributed by atoms with Gasteiger partial charge in [0.15, 0.2) is 0 Å². The Morgan fingerprint density at radius 2 is 1.60 bits per heavy atom. The first-order valence-corrected chi connectivity index (χ1v) is 14.0. The normalized spacial score (nSPS) is 19.9. The standard InChI is InChI=1S/C29H34Cl2FN3O5/c1-29(2,3)40-28(38)34-13-11-18(12-14-34)26(36)35-16-22(19-5-10-23(30)24(31)15-19)25(17-35)33(4)27(37)39-21-8-6-20(32)7-9-21/h5-10,15,18,22,25H,11-14,16-17H2,1-4H3/t22-,25+/m1/s1. The molecule has 2 heterocycles. The third kappa shape index (κ3) is 7.18. The second-order valence-corrected chi connectivity index (χ2v) is 12.1. The lowest BCUT2D eigenvalue weighted by Gasteiger charge is -2.34. The van der Waals surface area contributed by atoms with E-state index in [0.29, 0.717) is 49.1 Å². The number of halogens is 3. The van der Waals surface area contributed by atoms with Crippen molar-refractivity contribution in [3.05, 3.63) is 63.9 Å². The molecule has 2 fully saturated rings. The summed E-state index contributed by atoms with van der Waals surface area (Å²) in [5.41, 5.74) is 0.258. The average Bonchev–Trinajstić information content (AvgIpc) is 3.35. The van der Waals surface area contributed by atoms with Crippen molar-refractivity contribution < 1.29 is 28.2 Å². The lowest BCUT2D eigenvalue weighted by Crippen LogP contribution is -2.46. The Morgan fingerprint density at radius 1 is 0.950 bits per heavy atom. The number of rotatable bonds is 4. The van der Waals surface area contributed by atoms with Gasteiger partial charge in [0, 0.05) is 45.1 Å². The van der Waals surface area contributed by atoms with Crippen molar-refractivity contribution in [3.8, 4) is 5.75 Å². The van der Waals surface area contributed by atoms with E-state index in [1.54, 1.807) is 29.0 Å². The first-order chi connectivity index (χ1) is 18.8. The summed E-state index contributed by atoms with van der Waals surface area (Å²) in [6, 6.07) is 10.1. The second kappa shape index (κ2) is 12.2. The van der Waals surface area contributed by atoms with Crippen LogP contribution in [-0.2, 0) is 9.53 Å². The van der Waals surface area contributed by atoms with Gasteiger partial charge in [0.2, 0.25) is 5.91 Å². The van der Waals surface area contributed by atoms with E-state index >= 15 is 0 Å². The summed E-state index contributed by atoms with van der Waals surface area (Å²) in [5, 5.41) is 0.794. The van der Waals surface area contributed by atoms with Crippen LogP contribution in [0.2, 0.25) is 10.0 Å². The number of hydrogen-bond donors (Lipinski definition) is 0. The van der Waals surface area contributed by atoms with Crippen LogP contribution in [0.5, 0.6) is 5.75 Å². The summed E-state index contributed by atoms with van der Waals surface area (Å²) in [6.45, 7) is 7.00. The maximum Gasteiger partial charge on any atom is 0.415 e. The molecule has 216 valence electrons. The summed E-state index contributed by atoms with van der Waals surface area (Å²) in [6.07, 6.45) is 0.0559. The number of amides is 3. The molecule has 0 bridgehead atoms. The fourth-order valence-corrected chi connectivity index (χ4v) is 5.44. The topological polar surface area (TPSA) is 79.4 Å². The minimum absolute atomic E-state index is 0.0169. The van der Waals surface area contributed by atoms with Crippen LogP contribution in [0.3, 0.4) is 0 Å². The van der Waals surface area contributed by atoms with Crippen LogP contribution >= 0.6 is 23.2 Å². The molecule has 8 nitrogen and oxygen atoms in total. The van der Waals surface area contributed by atoms with Crippen LogP contribution < -0.4 is 4.74 Å². The van der Waals surface area contributed by atoms with Gasteiger partial charge in [0.05, 0.1) is 16.1 Å². The van der Waals surface area contributed by atoms with Gasteiger partial charge in [0.1, 0.15) is 17.2 Å². The molecule has 0 N–H and O–H groups in total. The van der Waals surface area contributed by atoms with Crippen LogP contribution in [0.1, 0.15) is 45.1 Å². The van der Waals surface area contributed by atoms with Crippen LogP contribution in [0.15, 0.2) is 42.5 Å². The summed E-state index contributed by atoms with van der Waals surface area (Å²) >= 11 is 12.5. The van der Waals surface area contributed by atoms with Gasteiger partial charge in [-0.3, -0.25) is 4.79 Å². The Morgan fingerprint density at radius 3 is 2.20 bits per heavy atom. The van der Waals surface area contributed by atoms with Crippen LogP contribution in [0.4, 0.5) is 14.0 Å². The summed E-state index contributed by atoms with van der Waals surface area (Å²) < 4.78 is 24.2. The van der Waals surface area contributed by atoms with Gasteiger partial charge in [-0.15, -0.1) is 0 Å². The molecule has 2 aliphatic rings. The van der Waals surface area contributed by atoms with Gasteiger partial charge in [-0.05, 0) is 75.6 Å². The van der Waals surface area contributed by atoms with Crippen LogP contribution in [0.25, 0.3) is 0 Å². The lowest BCUT2D eigenvalue weighted by molar-refractivity contribution is -0.136. The molecule has 2 aromatic carbocycles. The molecule has 11 heteroatoms. The van der Waals surface area contributed by atoms with Crippen LogP contribution in [0, 0.1) is 11.7 Å². The van der Waals surface area contributed by atoms with E-state index in [-0.39, 0.29) is 29.6 Å². The highest BCUT2D eigenvalue weighted by Crippen LogP contribution is 2.36. The van der Waals surface area contributed by atoms with Gasteiger partial charge in [-0.25, -0.2) is 14.0 Å². The number of carbonyl (C=O) groups excluding carboxylic acids is 3. The highest BCUT2D eigenvalue weighted by molar-refractivity contribution is 6.42. The molecule has 0 saturated carbocycles. The predicted octanol–water partition coefficient (Wildman–Crippen LogP) is 6.20. The van der Waals surface area contributed by atoms with Crippen molar-refractivity contribution >= 4 is 41.3 Å². The van der Waals surface area contributed by atoms with E-state index in [9.17, 15) is 18.8 Å². The Balaban J connectivity index is 1.47. The SMILES string of the molecule is CN(C(=O)Oc1ccc(F)cc1)[C@H]1CN(C(=O)C2CCN(C(=O)OC(C)(C)C)CC2)C[C@@H]1c1ccc(Cl)c(Cl)c1. The van der Waals surface area contributed by atoms with Gasteiger partial charge in [-0.2, -0.15) is 0 Å². The first-order valence-electron chi connectivity index (χ1n) is 13.2. The number of likely N-dealkylation sites (tertiary alicyclic amines) is 2. The number of piperidine rings is 1. The van der Waals surface area contributed by atoms with Gasteiger partial charge < -0.3 is 24.2 Å². The Bertz CT molecular complexity index is 1250. The van der Waals surface area contributed by atoms with Crippen molar-refractivity contribution in [2.24, 2.45) is 5.92 Å². The summed E-state index contributed by atoms with van der Waals surface area (Å²) in [4.78, 5) is 44.0. The van der Waals surface area contributed by atoms with Gasteiger partial charge in [-0.1, -0.05) is 29.3 Å². The molecule has 2 saturated heterocycles. The molecule has 3 amide bonds. The maximum absolute atomic E-state index is 13.6. The average molecular weight is 595 g/mol. The third-order valence-electron chi connectivity index (χ3n) is 7.27. The zero-order valence-electron chi connectivity index (χ0n) is 23.0. The molecule has 2 atom stereocenters. The van der Waals surface area contributed by atoms with E-state index < -0.39 is 23.6 Å². The molecule has 0 spiro atoms. The monoisotopic (exact) mass is 593 g/mol. The molecule has 40 heavy (non-hydrogen) atoms. The fraction of sp³-hybridized carbons (Fsp3) is 0.483. The number of benzene rings is 2. The largest absolute Gasteiger partial charge is 0.444 e. The molecule has 2 aromatic rings. The van der Waals surface area contributed by atoms with Crippen molar-refractivity contribution in [2.45, 2.75) is 51.2 Å². The predicted molar refractivity (Wildman–Crippen MR) is 150 cm³/mol. The smallest absolute Gasteiger partial charge is 0.415 e. The number of ether oxygens (including phenoxy) is 2. The Kier molecular flexibility index (Phi) is 9.15. The molecule has 4 rings (SSSR count). The fourth-order valence-electron chi connectivity index (χ4n) is 5.13. The van der Waals surface area contributed by atoms with Gasteiger partial charge >= 0.3 is 12.2 Å². The molecule has 0 unspecified atom stereocenters. The summed E-state index contributed by atoms with van der Waals surface area (Å²) in [5.74, 6) is -0.729. The number of hydrogen-bond acceptors (Lipinski definition) is 5. The highest BCUT2D eigenvalue weighted by Gasteiger charge is 2.43. The van der Waals surface area contributed by atoms with Gasteiger partial charge in [0.25, 0.3) is 0 Å². The zero-order chi connectivity index (χ0) is 29.2. The molecule has 0 radical (unpaired) electrons. The minimum atomic E-state index is -0.623. The molecular weight excluding hydrogens is 560 g/mol. The Hall–Kier alpha value is -3.04. The molecular formula is C29H34Cl2FN3O5. The summed E-state index contributed by atoms with van der Waals surface area (Å²) in [7, 11) is 1.62. The van der Waals surface area contributed by atoms with E-state index in [2.05, 4.69) is 0 Å². The number of likely N-dealkylation sites (N-methyl/N-ethyl adjacent to an activating group) is 1.